The highest BCUT2D eigenvalue weighted by molar-refractivity contribution is 8.06. The lowest BCUT2D eigenvalue weighted by atomic mass is 10.1. The molecule has 3 rings (SSSR count). The highest BCUT2D eigenvalue weighted by Gasteiger charge is 2.31. The van der Waals surface area contributed by atoms with E-state index in [1.54, 1.807) is 25.3 Å². The molecule has 8 N–H and O–H groups in total. The molecule has 0 radical (unpaired) electrons. The van der Waals surface area contributed by atoms with Crippen LogP contribution in [0.5, 0.6) is 5.75 Å². The van der Waals surface area contributed by atoms with Gasteiger partial charge < -0.3 is 26.4 Å². The Morgan fingerprint density at radius 3 is 2.74 bits per heavy atom. The number of nitrogens with one attached hydrogen (secondary N) is 4. The molecule has 0 fully saturated rings. The maximum absolute atomic E-state index is 12.5. The molecule has 0 spiro atoms. The summed E-state index contributed by atoms with van der Waals surface area (Å²) in [6.07, 6.45) is -0.118. The van der Waals surface area contributed by atoms with Crippen LogP contribution in [0, 0.1) is 0 Å². The molecular formula is C25H32F3N7O2S. The van der Waals surface area contributed by atoms with Gasteiger partial charge >= 0.3 is 6.36 Å². The number of nitrogens with zero attached hydrogens (tertiary/aromatic N) is 1. The summed E-state index contributed by atoms with van der Waals surface area (Å²) in [7, 11) is 0. The van der Waals surface area contributed by atoms with Crippen molar-refractivity contribution in [2.45, 2.75) is 39.1 Å². The zero-order valence-corrected chi connectivity index (χ0v) is 21.8. The third-order valence-corrected chi connectivity index (χ3v) is 6.33. The van der Waals surface area contributed by atoms with Crippen LogP contribution in [0.3, 0.4) is 0 Å². The fraction of sp³-hybridized carbons (Fsp3) is 0.360. The maximum Gasteiger partial charge on any atom is 0.573 e. The summed E-state index contributed by atoms with van der Waals surface area (Å²) in [5.41, 5.74) is 9.58. The number of ether oxygens (including phenoxy) is 1. The first kappa shape index (κ1) is 29.1. The highest BCUT2D eigenvalue weighted by atomic mass is 32.2. The first-order valence-electron chi connectivity index (χ1n) is 12.1. The van der Waals surface area contributed by atoms with Gasteiger partial charge in [-0.2, -0.15) is 5.10 Å². The molecule has 0 saturated carbocycles. The van der Waals surface area contributed by atoms with Crippen LogP contribution in [0.1, 0.15) is 36.5 Å². The van der Waals surface area contributed by atoms with Crippen LogP contribution < -0.4 is 31.6 Å². The number of nitrogens with two attached hydrogens (primary N) is 2. The Balaban J connectivity index is 1.37. The predicted octanol–water partition coefficient (Wildman–Crippen LogP) is 3.99. The monoisotopic (exact) mass is 551 g/mol. The molecular weight excluding hydrogens is 519 g/mol. The number of hydrogen-bond acceptors (Lipinski definition) is 8. The van der Waals surface area contributed by atoms with Crippen molar-refractivity contribution in [3.8, 4) is 5.75 Å². The van der Waals surface area contributed by atoms with Gasteiger partial charge in [0.05, 0.1) is 11.7 Å². The lowest BCUT2D eigenvalue weighted by Gasteiger charge is -2.14. The average molecular weight is 552 g/mol. The molecule has 0 atom stereocenters. The van der Waals surface area contributed by atoms with E-state index >= 15 is 0 Å². The minimum absolute atomic E-state index is 0.0856. The van der Waals surface area contributed by atoms with Crippen molar-refractivity contribution in [3.63, 3.8) is 0 Å². The van der Waals surface area contributed by atoms with Crippen molar-refractivity contribution in [1.29, 1.82) is 0 Å². The first-order valence-corrected chi connectivity index (χ1v) is 13.0. The lowest BCUT2D eigenvalue weighted by molar-refractivity contribution is -0.274. The fourth-order valence-electron chi connectivity index (χ4n) is 3.85. The molecule has 0 aliphatic rings. The summed E-state index contributed by atoms with van der Waals surface area (Å²) < 4.78 is 41.6. The molecule has 1 heterocycles. The number of carbonyl (C=O) groups is 1. The van der Waals surface area contributed by atoms with Crippen molar-refractivity contribution in [3.05, 3.63) is 59.4 Å². The van der Waals surface area contributed by atoms with E-state index in [9.17, 15) is 18.0 Å². The molecule has 1 amide bonds. The highest BCUT2D eigenvalue weighted by Crippen LogP contribution is 2.31. The largest absolute Gasteiger partial charge is 0.573 e. The van der Waals surface area contributed by atoms with Gasteiger partial charge in [0.2, 0.25) is 5.91 Å². The number of anilines is 1. The molecule has 0 aliphatic heterocycles. The van der Waals surface area contributed by atoms with Crippen LogP contribution in [0.4, 0.5) is 18.9 Å². The number of amides is 1. The van der Waals surface area contributed by atoms with Gasteiger partial charge in [-0.25, -0.2) is 0 Å². The molecule has 206 valence electrons. The summed E-state index contributed by atoms with van der Waals surface area (Å²) in [6.45, 7) is 3.77. The van der Waals surface area contributed by atoms with Gasteiger partial charge in [0.25, 0.3) is 0 Å². The van der Waals surface area contributed by atoms with E-state index in [-0.39, 0.29) is 18.1 Å². The van der Waals surface area contributed by atoms with Crippen LogP contribution in [-0.2, 0) is 17.8 Å². The number of fused-ring (bicyclic) bond motifs is 1. The van der Waals surface area contributed by atoms with Gasteiger partial charge in [-0.05, 0) is 59.7 Å². The van der Waals surface area contributed by atoms with E-state index in [1.165, 1.54) is 12.3 Å². The van der Waals surface area contributed by atoms with Crippen LogP contribution in [0.15, 0.2) is 42.7 Å². The van der Waals surface area contributed by atoms with Crippen molar-refractivity contribution < 1.29 is 22.7 Å². The number of H-pyrrole nitrogens is 1. The second-order valence-corrected chi connectivity index (χ2v) is 9.08. The van der Waals surface area contributed by atoms with E-state index in [2.05, 4.69) is 30.9 Å². The second kappa shape index (κ2) is 13.9. The van der Waals surface area contributed by atoms with Gasteiger partial charge in [0, 0.05) is 54.8 Å². The van der Waals surface area contributed by atoms with Gasteiger partial charge in [-0.1, -0.05) is 19.1 Å². The van der Waals surface area contributed by atoms with Gasteiger partial charge in [0.15, 0.2) is 0 Å². The smallest absolute Gasteiger partial charge is 0.406 e. The minimum Gasteiger partial charge on any atom is -0.406 e. The lowest BCUT2D eigenvalue weighted by Crippen LogP contribution is -2.29. The Bertz CT molecular complexity index is 1250. The van der Waals surface area contributed by atoms with Crippen LogP contribution in [0.25, 0.3) is 15.8 Å². The number of aromatic amines is 1. The number of aromatic nitrogens is 2. The molecule has 13 heteroatoms. The standard InChI is InChI=1S/C25H32F3N7O2S/c1-2-17-10-16(4-5-22(17)37-25(26,27)28)14-31-9-6-24(36)33-8-3-7-32-20-11-18(23(13-29)38-30)12-21-19(20)15-34-35-21/h4-5,10-13,15,31-32H,2-3,6-9,14,29-30H2,1H3,(H,33,36)(H,34,35)/b23-13-. The Labute approximate surface area is 223 Å². The zero-order chi connectivity index (χ0) is 27.5. The van der Waals surface area contributed by atoms with Crippen LogP contribution >= 0.6 is 11.9 Å². The molecule has 1 aromatic heterocycles. The Hall–Kier alpha value is -3.42. The SMILES string of the molecule is CCc1cc(CNCCC(=O)NCCCNc2cc(/C(=C/N)SN)cc3[nH]ncc23)ccc1OC(F)(F)F. The third-order valence-electron chi connectivity index (χ3n) is 5.70. The predicted molar refractivity (Wildman–Crippen MR) is 145 cm³/mol. The van der Waals surface area contributed by atoms with Gasteiger partial charge in [-0.3, -0.25) is 15.0 Å². The second-order valence-electron chi connectivity index (χ2n) is 8.40. The zero-order valence-electron chi connectivity index (χ0n) is 21.0. The normalized spacial score (nSPS) is 12.1. The van der Waals surface area contributed by atoms with Gasteiger partial charge in [0.1, 0.15) is 5.75 Å². The van der Waals surface area contributed by atoms with E-state index in [0.29, 0.717) is 44.6 Å². The molecule has 9 nitrogen and oxygen atoms in total. The number of carbonyl (C=O) groups excluding carboxylic acids is 1. The maximum atomic E-state index is 12.5. The summed E-state index contributed by atoms with van der Waals surface area (Å²) in [5, 5.41) is 23.1. The summed E-state index contributed by atoms with van der Waals surface area (Å²) >= 11 is 1.07. The number of alkyl halides is 3. The summed E-state index contributed by atoms with van der Waals surface area (Å²) in [6, 6.07) is 8.47. The van der Waals surface area contributed by atoms with E-state index in [1.807, 2.05) is 12.1 Å². The van der Waals surface area contributed by atoms with E-state index < -0.39 is 6.36 Å². The summed E-state index contributed by atoms with van der Waals surface area (Å²) in [4.78, 5) is 12.9. The topological polar surface area (TPSA) is 143 Å². The molecule has 3 aromatic rings. The Morgan fingerprint density at radius 1 is 1.21 bits per heavy atom. The van der Waals surface area contributed by atoms with Gasteiger partial charge in [-0.15, -0.1) is 13.2 Å². The number of aryl methyl sites for hydroxylation is 1. The third kappa shape index (κ3) is 8.57. The molecule has 2 aromatic carbocycles. The number of hydrogen-bond donors (Lipinski definition) is 6. The van der Waals surface area contributed by atoms with Crippen molar-refractivity contribution in [1.82, 2.24) is 20.8 Å². The Morgan fingerprint density at radius 2 is 2.03 bits per heavy atom. The van der Waals surface area contributed by atoms with E-state index in [4.69, 9.17) is 10.9 Å². The number of halogens is 3. The summed E-state index contributed by atoms with van der Waals surface area (Å²) in [5.74, 6) is -0.274. The minimum atomic E-state index is -4.72. The molecule has 0 unspecified atom stereocenters. The number of rotatable bonds is 14. The van der Waals surface area contributed by atoms with Crippen molar-refractivity contribution >= 4 is 39.4 Å². The van der Waals surface area contributed by atoms with Crippen LogP contribution in [-0.4, -0.2) is 42.1 Å². The molecule has 0 bridgehead atoms. The van der Waals surface area contributed by atoms with Crippen LogP contribution in [0.2, 0.25) is 0 Å². The molecule has 0 saturated heterocycles. The fourth-order valence-corrected chi connectivity index (χ4v) is 4.18. The first-order chi connectivity index (χ1) is 18.2. The van der Waals surface area contributed by atoms with Crippen molar-refractivity contribution in [2.75, 3.05) is 25.0 Å². The molecule has 38 heavy (non-hydrogen) atoms. The van der Waals surface area contributed by atoms with Crippen molar-refractivity contribution in [2.24, 2.45) is 10.9 Å². The molecule has 0 aliphatic carbocycles. The van der Waals surface area contributed by atoms with E-state index in [0.717, 1.165) is 44.6 Å². The quantitative estimate of drug-likeness (QED) is 0.130. The Kier molecular flexibility index (Phi) is 10.7. The average Bonchev–Trinajstić information content (AvgIpc) is 3.36. The number of benzene rings is 2.